The van der Waals surface area contributed by atoms with Crippen molar-refractivity contribution < 1.29 is 41.3 Å². The van der Waals surface area contributed by atoms with Gasteiger partial charge in [0.25, 0.3) is 5.91 Å². The summed E-state index contributed by atoms with van der Waals surface area (Å²) in [5.41, 5.74) is -0.984. The van der Waals surface area contributed by atoms with Crippen molar-refractivity contribution in [1.82, 2.24) is 0 Å². The topological polar surface area (TPSA) is 96.2 Å². The molecule has 1 amide bonds. The van der Waals surface area contributed by atoms with Gasteiger partial charge in [-0.15, -0.1) is 0 Å². The standard InChI is InChI=1S/C27H22F3NO7/c1-34-23-10-15(11-24(35-2)26(23)36-3)22-13-20(32)17-12-16(8-9-21(17)38-22)37-14-25(33)31-19-7-5-4-6-18(19)27(28,29)30/h4-13H,14H2,1-3H3,(H,31,33). The van der Waals surface area contributed by atoms with Crippen molar-refractivity contribution >= 4 is 22.6 Å². The number of halogens is 3. The molecule has 0 radical (unpaired) electrons. The van der Waals surface area contributed by atoms with E-state index in [0.29, 0.717) is 22.8 Å². The SMILES string of the molecule is COc1cc(-c2cc(=O)c3cc(OCC(=O)Nc4ccccc4C(F)(F)F)ccc3o2)cc(OC)c1OC. The maximum Gasteiger partial charge on any atom is 0.418 e. The van der Waals surface area contributed by atoms with Crippen LogP contribution in [0.2, 0.25) is 0 Å². The summed E-state index contributed by atoms with van der Waals surface area (Å²) in [7, 11) is 4.41. The summed E-state index contributed by atoms with van der Waals surface area (Å²) >= 11 is 0. The number of carbonyl (C=O) groups is 1. The second-order valence-electron chi connectivity index (χ2n) is 7.93. The third kappa shape index (κ3) is 5.51. The Morgan fingerprint density at radius 2 is 1.61 bits per heavy atom. The Labute approximate surface area is 214 Å². The summed E-state index contributed by atoms with van der Waals surface area (Å²) in [6.07, 6.45) is -4.63. The van der Waals surface area contributed by atoms with E-state index in [-0.39, 0.29) is 33.6 Å². The van der Waals surface area contributed by atoms with Crippen LogP contribution in [0.3, 0.4) is 0 Å². The van der Waals surface area contributed by atoms with Gasteiger partial charge in [-0.1, -0.05) is 12.1 Å². The predicted octanol–water partition coefficient (Wildman–Crippen LogP) is 5.52. The van der Waals surface area contributed by atoms with Crippen molar-refractivity contribution in [2.24, 2.45) is 0 Å². The highest BCUT2D eigenvalue weighted by molar-refractivity contribution is 5.92. The summed E-state index contributed by atoms with van der Waals surface area (Å²) in [4.78, 5) is 25.1. The molecule has 0 unspecified atom stereocenters. The molecule has 0 fully saturated rings. The third-order valence-corrected chi connectivity index (χ3v) is 5.52. The number of rotatable bonds is 8. The number of carbonyl (C=O) groups excluding carboxylic acids is 1. The van der Waals surface area contributed by atoms with Gasteiger partial charge in [-0.2, -0.15) is 13.2 Å². The summed E-state index contributed by atoms with van der Waals surface area (Å²) in [6.45, 7) is -0.577. The van der Waals surface area contributed by atoms with Crippen molar-refractivity contribution in [3.63, 3.8) is 0 Å². The lowest BCUT2D eigenvalue weighted by atomic mass is 10.1. The van der Waals surface area contributed by atoms with E-state index in [0.717, 1.165) is 12.1 Å². The molecule has 0 aliphatic rings. The first-order valence-corrected chi connectivity index (χ1v) is 11.1. The molecule has 1 N–H and O–H groups in total. The van der Waals surface area contributed by atoms with Gasteiger partial charge in [0.05, 0.1) is 38.0 Å². The van der Waals surface area contributed by atoms with E-state index in [9.17, 15) is 22.8 Å². The van der Waals surface area contributed by atoms with Crippen LogP contribution in [-0.4, -0.2) is 33.8 Å². The summed E-state index contributed by atoms with van der Waals surface area (Å²) in [6, 6.07) is 13.5. The minimum absolute atomic E-state index is 0.157. The van der Waals surface area contributed by atoms with E-state index in [1.165, 1.54) is 57.7 Å². The smallest absolute Gasteiger partial charge is 0.418 e. The number of alkyl halides is 3. The fourth-order valence-electron chi connectivity index (χ4n) is 3.77. The second kappa shape index (κ2) is 10.8. The molecule has 4 aromatic rings. The Hall–Kier alpha value is -4.67. The molecule has 11 heteroatoms. The zero-order valence-electron chi connectivity index (χ0n) is 20.5. The van der Waals surface area contributed by atoms with E-state index >= 15 is 0 Å². The number of para-hydroxylation sites is 1. The van der Waals surface area contributed by atoms with Gasteiger partial charge in [-0.05, 0) is 42.5 Å². The predicted molar refractivity (Wildman–Crippen MR) is 133 cm³/mol. The summed E-state index contributed by atoms with van der Waals surface area (Å²) in [5.74, 6) is 0.748. The fourth-order valence-corrected chi connectivity index (χ4v) is 3.77. The quantitative estimate of drug-likeness (QED) is 0.321. The average molecular weight is 529 g/mol. The Morgan fingerprint density at radius 3 is 2.24 bits per heavy atom. The number of hydrogen-bond donors (Lipinski definition) is 1. The first-order chi connectivity index (χ1) is 18.1. The first kappa shape index (κ1) is 26.4. The van der Waals surface area contributed by atoms with Gasteiger partial charge in [0.2, 0.25) is 5.75 Å². The first-order valence-electron chi connectivity index (χ1n) is 11.1. The second-order valence-corrected chi connectivity index (χ2v) is 7.93. The highest BCUT2D eigenvalue weighted by atomic mass is 19.4. The van der Waals surface area contributed by atoms with Gasteiger partial charge in [0, 0.05) is 11.6 Å². The molecule has 0 aliphatic carbocycles. The number of fused-ring (bicyclic) bond motifs is 1. The van der Waals surface area contributed by atoms with Gasteiger partial charge in [-0.25, -0.2) is 0 Å². The molecule has 198 valence electrons. The molecule has 1 aromatic heterocycles. The Kier molecular flexibility index (Phi) is 7.47. The third-order valence-electron chi connectivity index (χ3n) is 5.52. The van der Waals surface area contributed by atoms with Crippen LogP contribution in [0.5, 0.6) is 23.0 Å². The van der Waals surface area contributed by atoms with Crippen LogP contribution in [0, 0.1) is 0 Å². The molecular weight excluding hydrogens is 507 g/mol. The van der Waals surface area contributed by atoms with Gasteiger partial charge < -0.3 is 28.7 Å². The molecule has 3 aromatic carbocycles. The number of nitrogens with one attached hydrogen (secondary N) is 1. The number of benzene rings is 3. The lowest BCUT2D eigenvalue weighted by Gasteiger charge is -2.14. The Bertz CT molecular complexity index is 1520. The Balaban J connectivity index is 1.55. The summed E-state index contributed by atoms with van der Waals surface area (Å²) in [5, 5.41) is 2.38. The zero-order valence-corrected chi connectivity index (χ0v) is 20.5. The molecule has 8 nitrogen and oxygen atoms in total. The maximum absolute atomic E-state index is 13.1. The van der Waals surface area contributed by atoms with E-state index in [1.54, 1.807) is 12.1 Å². The number of hydrogen-bond acceptors (Lipinski definition) is 7. The molecule has 0 bridgehead atoms. The van der Waals surface area contributed by atoms with Crippen LogP contribution < -0.4 is 29.7 Å². The van der Waals surface area contributed by atoms with Crippen LogP contribution >= 0.6 is 0 Å². The van der Waals surface area contributed by atoms with E-state index in [1.807, 2.05) is 0 Å². The van der Waals surface area contributed by atoms with Crippen molar-refractivity contribution in [2.75, 3.05) is 33.3 Å². The number of methoxy groups -OCH3 is 3. The van der Waals surface area contributed by atoms with Crippen molar-refractivity contribution in [3.8, 4) is 34.3 Å². The number of amides is 1. The average Bonchev–Trinajstić information content (AvgIpc) is 2.90. The number of ether oxygens (including phenoxy) is 4. The fraction of sp³-hybridized carbons (Fsp3) is 0.185. The van der Waals surface area contributed by atoms with Crippen molar-refractivity contribution in [2.45, 2.75) is 6.18 Å². The lowest BCUT2D eigenvalue weighted by molar-refractivity contribution is -0.137. The van der Waals surface area contributed by atoms with Gasteiger partial charge >= 0.3 is 6.18 Å². The van der Waals surface area contributed by atoms with E-state index in [4.69, 9.17) is 23.4 Å². The lowest BCUT2D eigenvalue weighted by Crippen LogP contribution is -2.22. The minimum atomic E-state index is -4.63. The van der Waals surface area contributed by atoms with Gasteiger partial charge in [0.15, 0.2) is 23.5 Å². The van der Waals surface area contributed by atoms with Crippen LogP contribution in [0.15, 0.2) is 69.9 Å². The highest BCUT2D eigenvalue weighted by Gasteiger charge is 2.33. The molecule has 0 atom stereocenters. The van der Waals surface area contributed by atoms with Crippen LogP contribution in [0.1, 0.15) is 5.56 Å². The van der Waals surface area contributed by atoms with Crippen LogP contribution in [-0.2, 0) is 11.0 Å². The molecule has 0 spiro atoms. The molecule has 0 saturated heterocycles. The largest absolute Gasteiger partial charge is 0.493 e. The molecule has 0 saturated carbocycles. The Morgan fingerprint density at radius 1 is 0.921 bits per heavy atom. The molecule has 38 heavy (non-hydrogen) atoms. The zero-order chi connectivity index (χ0) is 27.4. The van der Waals surface area contributed by atoms with Crippen molar-refractivity contribution in [1.29, 1.82) is 0 Å². The van der Waals surface area contributed by atoms with Crippen LogP contribution in [0.25, 0.3) is 22.3 Å². The maximum atomic E-state index is 13.1. The van der Waals surface area contributed by atoms with E-state index in [2.05, 4.69) is 5.32 Å². The highest BCUT2D eigenvalue weighted by Crippen LogP contribution is 2.41. The van der Waals surface area contributed by atoms with Crippen LogP contribution in [0.4, 0.5) is 18.9 Å². The monoisotopic (exact) mass is 529 g/mol. The molecule has 4 rings (SSSR count). The van der Waals surface area contributed by atoms with E-state index < -0.39 is 24.3 Å². The number of anilines is 1. The molecule has 1 heterocycles. The molecular formula is C27H22F3NO7. The van der Waals surface area contributed by atoms with Gasteiger partial charge in [-0.3, -0.25) is 9.59 Å². The van der Waals surface area contributed by atoms with Gasteiger partial charge in [0.1, 0.15) is 17.1 Å². The summed E-state index contributed by atoms with van der Waals surface area (Å²) < 4.78 is 66.8. The van der Waals surface area contributed by atoms with Crippen molar-refractivity contribution in [3.05, 3.63) is 76.5 Å². The molecule has 0 aliphatic heterocycles. The minimum Gasteiger partial charge on any atom is -0.493 e. The normalized spacial score (nSPS) is 11.2.